The van der Waals surface area contributed by atoms with Crippen LogP contribution in [0.25, 0.3) is 0 Å². The zero-order valence-electron chi connectivity index (χ0n) is 14.9. The molecule has 1 aromatic heterocycles. The topological polar surface area (TPSA) is 46.9 Å². The molecule has 3 aliphatic carbocycles. The third kappa shape index (κ3) is 3.74. The minimum absolute atomic E-state index is 0.0806. The van der Waals surface area contributed by atoms with E-state index in [1.807, 2.05) is 6.07 Å². The molecule has 4 heteroatoms. The lowest BCUT2D eigenvalue weighted by Gasteiger charge is -2.35. The van der Waals surface area contributed by atoms with Crippen molar-refractivity contribution >= 4 is 0 Å². The fraction of sp³-hybridized carbons (Fsp3) is 0.800. The fourth-order valence-corrected chi connectivity index (χ4v) is 4.55. The fourth-order valence-electron chi connectivity index (χ4n) is 4.55. The predicted molar refractivity (Wildman–Crippen MR) is 96.3 cm³/mol. The van der Waals surface area contributed by atoms with Crippen molar-refractivity contribution in [3.63, 3.8) is 0 Å². The molecule has 0 amide bonds. The van der Waals surface area contributed by atoms with Gasteiger partial charge in [-0.15, -0.1) is 0 Å². The molecular weight excluding hydrogens is 298 g/mol. The van der Waals surface area contributed by atoms with Gasteiger partial charge in [0.15, 0.2) is 0 Å². The Labute approximate surface area is 145 Å². The molecular formula is C20H31N3O. The molecule has 1 N–H and O–H groups in total. The SMILES string of the molecule is CC1CCC(NC2CCC(n3nc(C4CC4)ccc3=O)CC2)CC1. The van der Waals surface area contributed by atoms with Crippen molar-refractivity contribution in [3.8, 4) is 0 Å². The first kappa shape index (κ1) is 16.3. The van der Waals surface area contributed by atoms with Crippen LogP contribution in [0.2, 0.25) is 0 Å². The maximum atomic E-state index is 12.2. The van der Waals surface area contributed by atoms with Gasteiger partial charge in [-0.25, -0.2) is 4.68 Å². The van der Waals surface area contributed by atoms with Gasteiger partial charge in [0.2, 0.25) is 0 Å². The first-order valence-corrected chi connectivity index (χ1v) is 10.0. The van der Waals surface area contributed by atoms with E-state index in [1.165, 1.54) is 51.4 Å². The van der Waals surface area contributed by atoms with E-state index in [1.54, 1.807) is 10.7 Å². The van der Waals surface area contributed by atoms with Crippen molar-refractivity contribution in [1.29, 1.82) is 0 Å². The molecule has 1 aromatic rings. The highest BCUT2D eigenvalue weighted by Crippen LogP contribution is 2.38. The molecule has 4 nitrogen and oxygen atoms in total. The molecule has 0 radical (unpaired) electrons. The number of hydrogen-bond donors (Lipinski definition) is 1. The molecule has 4 rings (SSSR count). The van der Waals surface area contributed by atoms with Crippen molar-refractivity contribution in [2.45, 2.75) is 95.2 Å². The van der Waals surface area contributed by atoms with Crippen molar-refractivity contribution in [2.75, 3.05) is 0 Å². The maximum Gasteiger partial charge on any atom is 0.267 e. The van der Waals surface area contributed by atoms with Crippen molar-refractivity contribution in [2.24, 2.45) is 5.92 Å². The Bertz CT molecular complexity index is 606. The number of nitrogens with zero attached hydrogens (tertiary/aromatic N) is 2. The third-order valence-corrected chi connectivity index (χ3v) is 6.37. The normalized spacial score (nSPS) is 34.2. The minimum atomic E-state index is 0.0806. The van der Waals surface area contributed by atoms with E-state index in [9.17, 15) is 4.79 Å². The Balaban J connectivity index is 1.33. The van der Waals surface area contributed by atoms with Crippen molar-refractivity contribution in [1.82, 2.24) is 15.1 Å². The second-order valence-corrected chi connectivity index (χ2v) is 8.44. The summed E-state index contributed by atoms with van der Waals surface area (Å²) in [5.74, 6) is 1.53. The van der Waals surface area contributed by atoms with Crippen LogP contribution in [0.3, 0.4) is 0 Å². The molecule has 0 saturated heterocycles. The molecule has 3 saturated carbocycles. The number of nitrogens with one attached hydrogen (secondary N) is 1. The summed E-state index contributed by atoms with van der Waals surface area (Å²) >= 11 is 0. The molecule has 1 heterocycles. The van der Waals surface area contributed by atoms with E-state index in [-0.39, 0.29) is 5.56 Å². The van der Waals surface area contributed by atoms with Gasteiger partial charge in [0.1, 0.15) is 0 Å². The molecule has 0 unspecified atom stereocenters. The highest BCUT2D eigenvalue weighted by atomic mass is 16.1. The summed E-state index contributed by atoms with van der Waals surface area (Å²) in [5, 5.41) is 8.59. The van der Waals surface area contributed by atoms with Crippen molar-refractivity contribution in [3.05, 3.63) is 28.2 Å². The van der Waals surface area contributed by atoms with Crippen LogP contribution in [0, 0.1) is 5.92 Å². The number of aromatic nitrogens is 2. The zero-order valence-corrected chi connectivity index (χ0v) is 14.9. The highest BCUT2D eigenvalue weighted by molar-refractivity contribution is 5.13. The van der Waals surface area contributed by atoms with Gasteiger partial charge in [-0.05, 0) is 76.2 Å². The van der Waals surface area contributed by atoms with Crippen LogP contribution in [0.5, 0.6) is 0 Å². The molecule has 0 aliphatic heterocycles. The number of hydrogen-bond acceptors (Lipinski definition) is 3. The summed E-state index contributed by atoms with van der Waals surface area (Å²) in [7, 11) is 0. The Morgan fingerprint density at radius 3 is 2.17 bits per heavy atom. The summed E-state index contributed by atoms with van der Waals surface area (Å²) < 4.78 is 1.80. The molecule has 0 spiro atoms. The van der Waals surface area contributed by atoms with Crippen LogP contribution in [0.4, 0.5) is 0 Å². The van der Waals surface area contributed by atoms with Gasteiger partial charge >= 0.3 is 0 Å². The van der Waals surface area contributed by atoms with Crippen LogP contribution in [0.15, 0.2) is 16.9 Å². The van der Waals surface area contributed by atoms with Gasteiger partial charge in [-0.1, -0.05) is 6.92 Å². The average molecular weight is 329 g/mol. The molecule has 3 fully saturated rings. The zero-order chi connectivity index (χ0) is 16.5. The van der Waals surface area contributed by atoms with Gasteiger partial charge in [-0.2, -0.15) is 5.10 Å². The smallest absolute Gasteiger partial charge is 0.267 e. The second kappa shape index (κ2) is 6.99. The van der Waals surface area contributed by atoms with Crippen LogP contribution in [-0.2, 0) is 0 Å². The van der Waals surface area contributed by atoms with Gasteiger partial charge in [0.25, 0.3) is 5.56 Å². The molecule has 132 valence electrons. The Hall–Kier alpha value is -1.16. The van der Waals surface area contributed by atoms with E-state index in [2.05, 4.69) is 12.2 Å². The van der Waals surface area contributed by atoms with Gasteiger partial charge < -0.3 is 5.32 Å². The predicted octanol–water partition coefficient (Wildman–Crippen LogP) is 3.77. The van der Waals surface area contributed by atoms with E-state index in [0.29, 0.717) is 18.0 Å². The third-order valence-electron chi connectivity index (χ3n) is 6.37. The number of rotatable bonds is 4. The lowest BCUT2D eigenvalue weighted by Crippen LogP contribution is -2.43. The Morgan fingerprint density at radius 2 is 1.54 bits per heavy atom. The molecule has 0 bridgehead atoms. The summed E-state index contributed by atoms with van der Waals surface area (Å²) in [6.45, 7) is 2.38. The Kier molecular flexibility index (Phi) is 4.75. The van der Waals surface area contributed by atoms with E-state index < -0.39 is 0 Å². The second-order valence-electron chi connectivity index (χ2n) is 8.44. The maximum absolute atomic E-state index is 12.2. The van der Waals surface area contributed by atoms with Crippen molar-refractivity contribution < 1.29 is 0 Å². The summed E-state index contributed by atoms with van der Waals surface area (Å²) in [5.41, 5.74) is 1.21. The van der Waals surface area contributed by atoms with Gasteiger partial charge in [-0.3, -0.25) is 4.79 Å². The van der Waals surface area contributed by atoms with Crippen LogP contribution in [-0.4, -0.2) is 21.9 Å². The van der Waals surface area contributed by atoms with Gasteiger partial charge in [0.05, 0.1) is 11.7 Å². The Morgan fingerprint density at radius 1 is 0.917 bits per heavy atom. The molecule has 0 aromatic carbocycles. The first-order valence-electron chi connectivity index (χ1n) is 10.0. The van der Waals surface area contributed by atoms with Crippen LogP contribution < -0.4 is 10.9 Å². The highest BCUT2D eigenvalue weighted by Gasteiger charge is 2.29. The quantitative estimate of drug-likeness (QED) is 0.914. The summed E-state index contributed by atoms with van der Waals surface area (Å²) in [6.07, 6.45) is 12.4. The van der Waals surface area contributed by atoms with E-state index in [4.69, 9.17) is 5.10 Å². The first-order chi connectivity index (χ1) is 11.7. The summed E-state index contributed by atoms with van der Waals surface area (Å²) in [6, 6.07) is 5.34. The molecule has 24 heavy (non-hydrogen) atoms. The summed E-state index contributed by atoms with van der Waals surface area (Å²) in [4.78, 5) is 12.2. The average Bonchev–Trinajstić information content (AvgIpc) is 3.43. The standard InChI is InChI=1S/C20H31N3O/c1-14-2-6-16(7-3-14)21-17-8-10-18(11-9-17)23-20(24)13-12-19(22-23)15-4-5-15/h12-18,21H,2-11H2,1H3. The lowest BCUT2D eigenvalue weighted by molar-refractivity contribution is 0.226. The monoisotopic (exact) mass is 329 g/mol. The molecule has 3 aliphatic rings. The van der Waals surface area contributed by atoms with Gasteiger partial charge in [0, 0.05) is 24.1 Å². The lowest BCUT2D eigenvalue weighted by atomic mass is 9.85. The van der Waals surface area contributed by atoms with Crippen LogP contribution in [0.1, 0.15) is 88.8 Å². The largest absolute Gasteiger partial charge is 0.311 e. The minimum Gasteiger partial charge on any atom is -0.311 e. The van der Waals surface area contributed by atoms with E-state index >= 15 is 0 Å². The van der Waals surface area contributed by atoms with Crippen LogP contribution >= 0.6 is 0 Å². The molecule has 0 atom stereocenters. The van der Waals surface area contributed by atoms with E-state index in [0.717, 1.165) is 30.5 Å².